The van der Waals surface area contributed by atoms with Crippen molar-refractivity contribution in [2.45, 2.75) is 33.8 Å². The number of benzene rings is 2. The first kappa shape index (κ1) is 17.9. The topological polar surface area (TPSA) is 47.6 Å². The van der Waals surface area contributed by atoms with Gasteiger partial charge in [-0.15, -0.1) is 0 Å². The van der Waals surface area contributed by atoms with Crippen LogP contribution in [-0.4, -0.2) is 25.2 Å². The molecule has 0 aromatic heterocycles. The molecule has 2 rings (SSSR count). The van der Waals surface area contributed by atoms with Crippen LogP contribution in [0.25, 0.3) is 0 Å². The van der Waals surface area contributed by atoms with Crippen molar-refractivity contribution in [1.29, 1.82) is 0 Å². The van der Waals surface area contributed by atoms with Crippen LogP contribution in [0.5, 0.6) is 11.5 Å². The molecule has 0 saturated carbocycles. The Kier molecular flexibility index (Phi) is 6.24. The zero-order valence-electron chi connectivity index (χ0n) is 14.8. The third-order valence-corrected chi connectivity index (χ3v) is 3.82. The van der Waals surface area contributed by atoms with Crippen LogP contribution in [0.2, 0.25) is 0 Å². The van der Waals surface area contributed by atoms with Crippen molar-refractivity contribution in [3.05, 3.63) is 59.2 Å². The van der Waals surface area contributed by atoms with Crippen molar-refractivity contribution in [3.8, 4) is 11.5 Å². The molecule has 4 heteroatoms. The molecule has 1 unspecified atom stereocenters. The normalized spacial score (nSPS) is 11.7. The molecule has 4 nitrogen and oxygen atoms in total. The summed E-state index contributed by atoms with van der Waals surface area (Å²) < 4.78 is 11.3. The summed E-state index contributed by atoms with van der Waals surface area (Å²) in [4.78, 5) is 12.1. The molecule has 1 N–H and O–H groups in total. The fourth-order valence-electron chi connectivity index (χ4n) is 2.24. The average molecular weight is 327 g/mol. The van der Waals surface area contributed by atoms with Gasteiger partial charge in [0.1, 0.15) is 18.1 Å². The van der Waals surface area contributed by atoms with Crippen LogP contribution in [-0.2, 0) is 4.79 Å². The monoisotopic (exact) mass is 327 g/mol. The summed E-state index contributed by atoms with van der Waals surface area (Å²) in [5.41, 5.74) is 3.52. The number of carbonyl (C=O) groups is 1. The third kappa shape index (κ3) is 5.30. The number of amides is 1. The first-order valence-electron chi connectivity index (χ1n) is 8.17. The largest absolute Gasteiger partial charge is 0.492 e. The molecular formula is C20H25NO3. The first-order chi connectivity index (χ1) is 11.5. The first-order valence-corrected chi connectivity index (χ1v) is 8.17. The molecule has 24 heavy (non-hydrogen) atoms. The van der Waals surface area contributed by atoms with E-state index in [0.29, 0.717) is 18.9 Å². The summed E-state index contributed by atoms with van der Waals surface area (Å²) in [7, 11) is 0. The molecule has 1 atom stereocenters. The Balaban J connectivity index is 1.73. The maximum absolute atomic E-state index is 12.1. The Morgan fingerprint density at radius 3 is 2.54 bits per heavy atom. The van der Waals surface area contributed by atoms with E-state index in [-0.39, 0.29) is 5.91 Å². The molecule has 2 aromatic rings. The Morgan fingerprint density at radius 2 is 1.83 bits per heavy atom. The van der Waals surface area contributed by atoms with Gasteiger partial charge in [-0.2, -0.15) is 0 Å². The number of carbonyl (C=O) groups excluding carboxylic acids is 1. The highest BCUT2D eigenvalue weighted by molar-refractivity contribution is 5.80. The van der Waals surface area contributed by atoms with Gasteiger partial charge in [0.05, 0.1) is 6.54 Å². The van der Waals surface area contributed by atoms with Crippen LogP contribution in [0.15, 0.2) is 42.5 Å². The lowest BCUT2D eigenvalue weighted by Gasteiger charge is -2.15. The lowest BCUT2D eigenvalue weighted by molar-refractivity contribution is -0.127. The number of rotatable bonds is 7. The zero-order chi connectivity index (χ0) is 17.5. The van der Waals surface area contributed by atoms with Crippen LogP contribution in [0.4, 0.5) is 0 Å². The predicted molar refractivity (Wildman–Crippen MR) is 95.7 cm³/mol. The average Bonchev–Trinajstić information content (AvgIpc) is 2.54. The fourth-order valence-corrected chi connectivity index (χ4v) is 2.24. The van der Waals surface area contributed by atoms with E-state index in [0.717, 1.165) is 11.3 Å². The van der Waals surface area contributed by atoms with Crippen molar-refractivity contribution in [3.63, 3.8) is 0 Å². The van der Waals surface area contributed by atoms with Crippen LogP contribution >= 0.6 is 0 Å². The highest BCUT2D eigenvalue weighted by Gasteiger charge is 2.14. The number of hydrogen-bond acceptors (Lipinski definition) is 3. The molecule has 1 amide bonds. The van der Waals surface area contributed by atoms with E-state index in [4.69, 9.17) is 9.47 Å². The highest BCUT2D eigenvalue weighted by atomic mass is 16.5. The molecule has 0 fully saturated rings. The molecule has 2 aromatic carbocycles. The second kappa shape index (κ2) is 8.39. The third-order valence-electron chi connectivity index (χ3n) is 3.82. The second-order valence-electron chi connectivity index (χ2n) is 5.96. The summed E-state index contributed by atoms with van der Waals surface area (Å²) in [6, 6.07) is 13.6. The van der Waals surface area contributed by atoms with Gasteiger partial charge < -0.3 is 14.8 Å². The number of nitrogens with one attached hydrogen (secondary N) is 1. The SMILES string of the molecule is Cc1cccc(OC(C)C(=O)NCCOc2ccc(C)c(C)c2)c1. The number of aryl methyl sites for hydroxylation is 3. The van der Waals surface area contributed by atoms with Gasteiger partial charge in [0.15, 0.2) is 6.10 Å². The molecule has 0 heterocycles. The minimum atomic E-state index is -0.548. The van der Waals surface area contributed by atoms with Crippen molar-refractivity contribution >= 4 is 5.91 Å². The Morgan fingerprint density at radius 1 is 1.04 bits per heavy atom. The van der Waals surface area contributed by atoms with E-state index in [1.165, 1.54) is 11.1 Å². The van der Waals surface area contributed by atoms with Gasteiger partial charge in [0.25, 0.3) is 5.91 Å². The van der Waals surface area contributed by atoms with Crippen molar-refractivity contribution < 1.29 is 14.3 Å². The maximum Gasteiger partial charge on any atom is 0.260 e. The van der Waals surface area contributed by atoms with E-state index >= 15 is 0 Å². The smallest absolute Gasteiger partial charge is 0.260 e. The van der Waals surface area contributed by atoms with E-state index in [2.05, 4.69) is 12.2 Å². The van der Waals surface area contributed by atoms with Gasteiger partial charge in [-0.1, -0.05) is 18.2 Å². The zero-order valence-corrected chi connectivity index (χ0v) is 14.8. The van der Waals surface area contributed by atoms with E-state index in [9.17, 15) is 4.79 Å². The summed E-state index contributed by atoms with van der Waals surface area (Å²) >= 11 is 0. The second-order valence-corrected chi connectivity index (χ2v) is 5.96. The van der Waals surface area contributed by atoms with Crippen LogP contribution in [0, 0.1) is 20.8 Å². The molecule has 0 aliphatic heterocycles. The van der Waals surface area contributed by atoms with Crippen molar-refractivity contribution in [2.75, 3.05) is 13.2 Å². The fraction of sp³-hybridized carbons (Fsp3) is 0.350. The summed E-state index contributed by atoms with van der Waals surface area (Å²) in [6.45, 7) is 8.70. The summed E-state index contributed by atoms with van der Waals surface area (Å²) in [5, 5.41) is 2.82. The minimum Gasteiger partial charge on any atom is -0.492 e. The van der Waals surface area contributed by atoms with Gasteiger partial charge in [-0.25, -0.2) is 0 Å². The molecule has 0 aliphatic rings. The van der Waals surface area contributed by atoms with E-state index in [1.807, 2.05) is 56.3 Å². The van der Waals surface area contributed by atoms with Gasteiger partial charge in [0.2, 0.25) is 0 Å². The van der Waals surface area contributed by atoms with Crippen molar-refractivity contribution in [2.24, 2.45) is 0 Å². The van der Waals surface area contributed by atoms with Crippen LogP contribution < -0.4 is 14.8 Å². The molecular weight excluding hydrogens is 302 g/mol. The molecule has 0 bridgehead atoms. The Bertz CT molecular complexity index is 697. The Hall–Kier alpha value is -2.49. The molecule has 0 spiro atoms. The van der Waals surface area contributed by atoms with Gasteiger partial charge in [-0.05, 0) is 68.7 Å². The lowest BCUT2D eigenvalue weighted by Crippen LogP contribution is -2.38. The molecule has 0 saturated heterocycles. The standard InChI is InChI=1S/C20H25NO3/c1-14-6-5-7-19(12-14)24-17(4)20(22)21-10-11-23-18-9-8-15(2)16(3)13-18/h5-9,12-13,17H,10-11H2,1-4H3,(H,21,22). The van der Waals surface area contributed by atoms with Crippen LogP contribution in [0.3, 0.4) is 0 Å². The summed E-state index contributed by atoms with van der Waals surface area (Å²) in [6.07, 6.45) is -0.548. The number of ether oxygens (including phenoxy) is 2. The predicted octanol–water partition coefficient (Wildman–Crippen LogP) is 3.57. The maximum atomic E-state index is 12.1. The van der Waals surface area contributed by atoms with Gasteiger partial charge in [-0.3, -0.25) is 4.79 Å². The van der Waals surface area contributed by atoms with Gasteiger partial charge >= 0.3 is 0 Å². The van der Waals surface area contributed by atoms with Crippen molar-refractivity contribution in [1.82, 2.24) is 5.32 Å². The minimum absolute atomic E-state index is 0.153. The molecule has 0 aliphatic carbocycles. The molecule has 128 valence electrons. The van der Waals surface area contributed by atoms with E-state index < -0.39 is 6.10 Å². The van der Waals surface area contributed by atoms with Crippen LogP contribution in [0.1, 0.15) is 23.6 Å². The quantitative estimate of drug-likeness (QED) is 0.791. The number of hydrogen-bond donors (Lipinski definition) is 1. The highest BCUT2D eigenvalue weighted by Crippen LogP contribution is 2.16. The van der Waals surface area contributed by atoms with Gasteiger partial charge in [0, 0.05) is 0 Å². The summed E-state index contributed by atoms with van der Waals surface area (Å²) in [5.74, 6) is 1.36. The molecule has 0 radical (unpaired) electrons. The van der Waals surface area contributed by atoms with E-state index in [1.54, 1.807) is 6.92 Å². The Labute approximate surface area is 143 Å². The lowest BCUT2D eigenvalue weighted by atomic mass is 10.1.